The number of nitrogens with zero attached hydrogens (tertiary/aromatic N) is 2. The standard InChI is InChI=1S/C13H20N2O/c1-14-8-9-15(13(10-14)11-16-2)12-6-4-3-5-7-12/h3-7,13H,8-11H2,1-2H3. The number of benzene rings is 1. The molecule has 0 bridgehead atoms. The zero-order valence-corrected chi connectivity index (χ0v) is 10.1. The second-order valence-electron chi connectivity index (χ2n) is 4.40. The Labute approximate surface area is 97.6 Å². The molecule has 1 unspecified atom stereocenters. The third-order valence-electron chi connectivity index (χ3n) is 3.13. The molecule has 3 nitrogen and oxygen atoms in total. The molecule has 1 aliphatic rings. The summed E-state index contributed by atoms with van der Waals surface area (Å²) in [6.45, 7) is 4.06. The maximum atomic E-state index is 5.31. The maximum Gasteiger partial charge on any atom is 0.0678 e. The van der Waals surface area contributed by atoms with Gasteiger partial charge in [0, 0.05) is 32.4 Å². The van der Waals surface area contributed by atoms with Crippen molar-refractivity contribution in [1.29, 1.82) is 0 Å². The van der Waals surface area contributed by atoms with Gasteiger partial charge >= 0.3 is 0 Å². The molecular weight excluding hydrogens is 200 g/mol. The summed E-state index contributed by atoms with van der Waals surface area (Å²) < 4.78 is 5.31. The van der Waals surface area contributed by atoms with E-state index in [0.29, 0.717) is 6.04 Å². The Kier molecular flexibility index (Phi) is 3.80. The van der Waals surface area contributed by atoms with E-state index in [1.807, 2.05) is 0 Å². The van der Waals surface area contributed by atoms with Gasteiger partial charge in [0.25, 0.3) is 0 Å². The van der Waals surface area contributed by atoms with E-state index in [0.717, 1.165) is 26.2 Å². The Morgan fingerprint density at radius 1 is 1.25 bits per heavy atom. The summed E-state index contributed by atoms with van der Waals surface area (Å²) >= 11 is 0. The first kappa shape index (κ1) is 11.4. The highest BCUT2D eigenvalue weighted by Gasteiger charge is 2.24. The fraction of sp³-hybridized carbons (Fsp3) is 0.538. The number of hydrogen-bond donors (Lipinski definition) is 0. The lowest BCUT2D eigenvalue weighted by atomic mass is 10.1. The second-order valence-corrected chi connectivity index (χ2v) is 4.40. The molecule has 1 atom stereocenters. The van der Waals surface area contributed by atoms with E-state index < -0.39 is 0 Å². The molecule has 0 aromatic heterocycles. The molecule has 0 spiro atoms. The van der Waals surface area contributed by atoms with Crippen molar-refractivity contribution >= 4 is 5.69 Å². The Morgan fingerprint density at radius 2 is 2.00 bits per heavy atom. The molecule has 1 aromatic rings. The van der Waals surface area contributed by atoms with Crippen LogP contribution < -0.4 is 4.90 Å². The number of anilines is 1. The first-order chi connectivity index (χ1) is 7.81. The molecule has 0 amide bonds. The first-order valence-electron chi connectivity index (χ1n) is 5.80. The average Bonchev–Trinajstić information content (AvgIpc) is 2.31. The van der Waals surface area contributed by atoms with Crippen molar-refractivity contribution in [2.45, 2.75) is 6.04 Å². The SMILES string of the molecule is COCC1CN(C)CCN1c1ccccc1. The van der Waals surface area contributed by atoms with Gasteiger partial charge in [0.05, 0.1) is 12.6 Å². The first-order valence-corrected chi connectivity index (χ1v) is 5.80. The number of para-hydroxylation sites is 1. The van der Waals surface area contributed by atoms with Gasteiger partial charge in [-0.3, -0.25) is 0 Å². The number of piperazine rings is 1. The van der Waals surface area contributed by atoms with Gasteiger partial charge in [-0.25, -0.2) is 0 Å². The van der Waals surface area contributed by atoms with Gasteiger partial charge in [-0.15, -0.1) is 0 Å². The fourth-order valence-corrected chi connectivity index (χ4v) is 2.31. The molecule has 0 saturated carbocycles. The number of likely N-dealkylation sites (N-methyl/N-ethyl adjacent to an activating group) is 1. The Hall–Kier alpha value is -1.06. The van der Waals surface area contributed by atoms with Crippen molar-refractivity contribution in [2.24, 2.45) is 0 Å². The van der Waals surface area contributed by atoms with Crippen molar-refractivity contribution in [3.8, 4) is 0 Å². The summed E-state index contributed by atoms with van der Waals surface area (Å²) in [4.78, 5) is 4.81. The van der Waals surface area contributed by atoms with Crippen molar-refractivity contribution in [2.75, 3.05) is 45.3 Å². The van der Waals surface area contributed by atoms with E-state index in [1.54, 1.807) is 7.11 Å². The molecule has 1 aliphatic heterocycles. The average molecular weight is 220 g/mol. The molecule has 1 fully saturated rings. The molecule has 2 rings (SSSR count). The van der Waals surface area contributed by atoms with Gasteiger partial charge in [0.2, 0.25) is 0 Å². The summed E-state index contributed by atoms with van der Waals surface area (Å²) in [6, 6.07) is 11.1. The number of hydrogen-bond acceptors (Lipinski definition) is 3. The lowest BCUT2D eigenvalue weighted by Gasteiger charge is -2.41. The summed E-state index contributed by atoms with van der Waals surface area (Å²) in [5, 5.41) is 0. The lowest BCUT2D eigenvalue weighted by molar-refractivity contribution is 0.143. The van der Waals surface area contributed by atoms with Crippen LogP contribution in [0.4, 0.5) is 5.69 Å². The van der Waals surface area contributed by atoms with Crippen LogP contribution in [0.2, 0.25) is 0 Å². The molecule has 0 N–H and O–H groups in total. The molecule has 16 heavy (non-hydrogen) atoms. The molecule has 1 heterocycles. The molecule has 0 aliphatic carbocycles. The minimum Gasteiger partial charge on any atom is -0.383 e. The number of methoxy groups -OCH3 is 1. The van der Waals surface area contributed by atoms with Crippen LogP contribution in [0, 0.1) is 0 Å². The lowest BCUT2D eigenvalue weighted by Crippen LogP contribution is -2.53. The van der Waals surface area contributed by atoms with Crippen LogP contribution in [0.1, 0.15) is 0 Å². The van der Waals surface area contributed by atoms with Crippen LogP contribution in [0.25, 0.3) is 0 Å². The second kappa shape index (κ2) is 5.32. The third-order valence-corrected chi connectivity index (χ3v) is 3.13. The number of ether oxygens (including phenoxy) is 1. The molecular formula is C13H20N2O. The largest absolute Gasteiger partial charge is 0.383 e. The van der Waals surface area contributed by atoms with E-state index >= 15 is 0 Å². The van der Waals surface area contributed by atoms with Crippen LogP contribution in [0.15, 0.2) is 30.3 Å². The van der Waals surface area contributed by atoms with E-state index in [2.05, 4.69) is 47.2 Å². The summed E-state index contributed by atoms with van der Waals surface area (Å²) in [7, 11) is 3.95. The van der Waals surface area contributed by atoms with Crippen LogP contribution in [-0.4, -0.2) is 51.3 Å². The van der Waals surface area contributed by atoms with Crippen molar-refractivity contribution < 1.29 is 4.74 Å². The van der Waals surface area contributed by atoms with Crippen LogP contribution in [-0.2, 0) is 4.74 Å². The molecule has 1 aromatic carbocycles. The predicted molar refractivity (Wildman–Crippen MR) is 66.9 cm³/mol. The van der Waals surface area contributed by atoms with Gasteiger partial charge < -0.3 is 14.5 Å². The summed E-state index contributed by atoms with van der Waals surface area (Å²) in [5.41, 5.74) is 1.30. The molecule has 88 valence electrons. The Bertz CT molecular complexity index is 315. The van der Waals surface area contributed by atoms with Gasteiger partial charge in [-0.05, 0) is 19.2 Å². The van der Waals surface area contributed by atoms with Crippen molar-refractivity contribution in [3.63, 3.8) is 0 Å². The predicted octanol–water partition coefficient (Wildman–Crippen LogP) is 1.45. The minimum absolute atomic E-state index is 0.464. The maximum absolute atomic E-state index is 5.31. The van der Waals surface area contributed by atoms with E-state index in [4.69, 9.17) is 4.74 Å². The third kappa shape index (κ3) is 2.54. The quantitative estimate of drug-likeness (QED) is 0.767. The number of rotatable bonds is 3. The van der Waals surface area contributed by atoms with Crippen LogP contribution in [0.3, 0.4) is 0 Å². The monoisotopic (exact) mass is 220 g/mol. The van der Waals surface area contributed by atoms with Crippen molar-refractivity contribution in [1.82, 2.24) is 4.90 Å². The van der Waals surface area contributed by atoms with Gasteiger partial charge in [-0.2, -0.15) is 0 Å². The van der Waals surface area contributed by atoms with Crippen LogP contribution in [0.5, 0.6) is 0 Å². The fourth-order valence-electron chi connectivity index (χ4n) is 2.31. The van der Waals surface area contributed by atoms with Crippen LogP contribution >= 0.6 is 0 Å². The zero-order chi connectivity index (χ0) is 11.4. The zero-order valence-electron chi connectivity index (χ0n) is 10.1. The summed E-state index contributed by atoms with van der Waals surface area (Å²) in [6.07, 6.45) is 0. The topological polar surface area (TPSA) is 15.7 Å². The highest BCUT2D eigenvalue weighted by atomic mass is 16.5. The van der Waals surface area contributed by atoms with Crippen molar-refractivity contribution in [3.05, 3.63) is 30.3 Å². The Morgan fingerprint density at radius 3 is 2.69 bits per heavy atom. The van der Waals surface area contributed by atoms with E-state index in [1.165, 1.54) is 5.69 Å². The normalized spacial score (nSPS) is 22.4. The highest BCUT2D eigenvalue weighted by Crippen LogP contribution is 2.19. The highest BCUT2D eigenvalue weighted by molar-refractivity contribution is 5.47. The molecule has 1 saturated heterocycles. The van der Waals surface area contributed by atoms with Gasteiger partial charge in [-0.1, -0.05) is 18.2 Å². The van der Waals surface area contributed by atoms with Gasteiger partial charge in [0.15, 0.2) is 0 Å². The Balaban J connectivity index is 2.12. The van der Waals surface area contributed by atoms with E-state index in [9.17, 15) is 0 Å². The smallest absolute Gasteiger partial charge is 0.0678 e. The van der Waals surface area contributed by atoms with Gasteiger partial charge in [0.1, 0.15) is 0 Å². The molecule has 0 radical (unpaired) electrons. The molecule has 3 heteroatoms. The summed E-state index contributed by atoms with van der Waals surface area (Å²) in [5.74, 6) is 0. The van der Waals surface area contributed by atoms with E-state index in [-0.39, 0.29) is 0 Å². The minimum atomic E-state index is 0.464.